The molecule has 0 unspecified atom stereocenters. The minimum atomic E-state index is -4.28. The van der Waals surface area contributed by atoms with Gasteiger partial charge in [0.1, 0.15) is 10.6 Å². The molecule has 1 amide bonds. The molecule has 2 aromatic carbocycles. The number of morpholine rings is 1. The predicted octanol–water partition coefficient (Wildman–Crippen LogP) is 2.38. The monoisotopic (exact) mass is 533 g/mol. The van der Waals surface area contributed by atoms with Gasteiger partial charge < -0.3 is 20.3 Å². The van der Waals surface area contributed by atoms with Crippen LogP contribution in [0.4, 0.5) is 5.69 Å². The first-order chi connectivity index (χ1) is 14.7. The van der Waals surface area contributed by atoms with Crippen molar-refractivity contribution < 1.29 is 28.2 Å². The number of hydrogen-bond acceptors (Lipinski definition) is 7. The first-order valence-electron chi connectivity index (χ1n) is 9.29. The fourth-order valence-corrected chi connectivity index (χ4v) is 4.91. The van der Waals surface area contributed by atoms with E-state index in [1.807, 2.05) is 0 Å². The van der Waals surface area contributed by atoms with E-state index in [9.17, 15) is 23.4 Å². The number of amides is 1. The highest BCUT2D eigenvalue weighted by Gasteiger charge is 2.24. The summed E-state index contributed by atoms with van der Waals surface area (Å²) < 4.78 is 33.3. The molecule has 1 aliphatic heterocycles. The average Bonchev–Trinajstić information content (AvgIpc) is 2.72. The summed E-state index contributed by atoms with van der Waals surface area (Å²) >= 11 is 9.19. The lowest BCUT2D eigenvalue weighted by molar-refractivity contribution is 0.0383. The zero-order valence-electron chi connectivity index (χ0n) is 16.3. The lowest BCUT2D eigenvalue weighted by Crippen LogP contribution is -2.41. The van der Waals surface area contributed by atoms with Gasteiger partial charge in [-0.25, -0.2) is 8.42 Å². The Balaban J connectivity index is 1.76. The van der Waals surface area contributed by atoms with Gasteiger partial charge in [-0.05, 0) is 30.3 Å². The Labute approximate surface area is 193 Å². The summed E-state index contributed by atoms with van der Waals surface area (Å²) in [5.74, 6) is -1.65. The van der Waals surface area contributed by atoms with Crippen molar-refractivity contribution in [3.8, 4) is 11.5 Å². The standard InChI is InChI=1S/C19H21BrClN3O6S/c20-12-1-2-16(25)17(9-12)31(28,29)23-15-11-13(21)10-14(18(15)26)19(27)22-3-4-24-5-7-30-8-6-24/h1-2,9-11,23,25-26H,3-8H2,(H,22,27). The van der Waals surface area contributed by atoms with Gasteiger partial charge in [-0.1, -0.05) is 27.5 Å². The van der Waals surface area contributed by atoms with E-state index in [2.05, 4.69) is 30.9 Å². The van der Waals surface area contributed by atoms with Crippen molar-refractivity contribution in [2.75, 3.05) is 44.1 Å². The quantitative estimate of drug-likeness (QED) is 0.402. The molecule has 31 heavy (non-hydrogen) atoms. The number of carbonyl (C=O) groups excluding carboxylic acids is 1. The van der Waals surface area contributed by atoms with Gasteiger partial charge in [0.25, 0.3) is 15.9 Å². The van der Waals surface area contributed by atoms with Crippen LogP contribution in [0.25, 0.3) is 0 Å². The number of nitrogens with zero attached hydrogens (tertiary/aromatic N) is 1. The Morgan fingerprint density at radius 2 is 1.90 bits per heavy atom. The number of anilines is 1. The summed E-state index contributed by atoms with van der Waals surface area (Å²) in [7, 11) is -4.28. The lowest BCUT2D eigenvalue weighted by Gasteiger charge is -2.26. The third kappa shape index (κ3) is 6.01. The van der Waals surface area contributed by atoms with Gasteiger partial charge in [-0.15, -0.1) is 0 Å². The fourth-order valence-electron chi connectivity index (χ4n) is 3.00. The second kappa shape index (κ2) is 10.0. The second-order valence-electron chi connectivity index (χ2n) is 6.78. The summed E-state index contributed by atoms with van der Waals surface area (Å²) in [6.45, 7) is 3.76. The van der Waals surface area contributed by atoms with E-state index >= 15 is 0 Å². The van der Waals surface area contributed by atoms with Crippen LogP contribution in [0.2, 0.25) is 5.02 Å². The SMILES string of the molecule is O=C(NCCN1CCOCC1)c1cc(Cl)cc(NS(=O)(=O)c2cc(Br)ccc2O)c1O. The van der Waals surface area contributed by atoms with Crippen molar-refractivity contribution in [1.82, 2.24) is 10.2 Å². The number of hydrogen-bond donors (Lipinski definition) is 4. The highest BCUT2D eigenvalue weighted by Crippen LogP contribution is 2.35. The topological polar surface area (TPSA) is 128 Å². The molecule has 168 valence electrons. The molecule has 2 aromatic rings. The molecular formula is C19H21BrClN3O6S. The first kappa shape index (κ1) is 23.6. The van der Waals surface area contributed by atoms with Crippen LogP contribution in [0, 0.1) is 0 Å². The Hall–Kier alpha value is -2.05. The summed E-state index contributed by atoms with van der Waals surface area (Å²) in [5.41, 5.74) is -0.462. The van der Waals surface area contributed by atoms with E-state index in [4.69, 9.17) is 16.3 Å². The Morgan fingerprint density at radius 1 is 1.19 bits per heavy atom. The summed E-state index contributed by atoms with van der Waals surface area (Å²) in [5, 5.41) is 23.2. The van der Waals surface area contributed by atoms with Crippen LogP contribution in [0.3, 0.4) is 0 Å². The van der Waals surface area contributed by atoms with Crippen LogP contribution in [-0.4, -0.2) is 68.8 Å². The number of sulfonamides is 1. The largest absolute Gasteiger partial charge is 0.507 e. The molecule has 12 heteroatoms. The van der Waals surface area contributed by atoms with Crippen LogP contribution in [0.1, 0.15) is 10.4 Å². The van der Waals surface area contributed by atoms with Crippen LogP contribution in [0.5, 0.6) is 11.5 Å². The van der Waals surface area contributed by atoms with E-state index in [0.717, 1.165) is 13.1 Å². The molecule has 0 aromatic heterocycles. The van der Waals surface area contributed by atoms with Gasteiger partial charge in [-0.2, -0.15) is 0 Å². The smallest absolute Gasteiger partial charge is 0.265 e. The van der Waals surface area contributed by atoms with Crippen molar-refractivity contribution in [1.29, 1.82) is 0 Å². The number of nitrogens with one attached hydrogen (secondary N) is 2. The second-order valence-corrected chi connectivity index (χ2v) is 9.78. The van der Waals surface area contributed by atoms with Gasteiger partial charge in [-0.3, -0.25) is 14.4 Å². The third-order valence-corrected chi connectivity index (χ3v) is 6.70. The Kier molecular flexibility index (Phi) is 7.65. The van der Waals surface area contributed by atoms with Crippen LogP contribution >= 0.6 is 27.5 Å². The predicted molar refractivity (Wildman–Crippen MR) is 119 cm³/mol. The molecule has 0 radical (unpaired) electrons. The molecule has 1 fully saturated rings. The van der Waals surface area contributed by atoms with Crippen LogP contribution < -0.4 is 10.0 Å². The molecule has 1 heterocycles. The molecule has 0 atom stereocenters. The molecule has 1 aliphatic rings. The molecule has 1 saturated heterocycles. The van der Waals surface area contributed by atoms with Crippen LogP contribution in [-0.2, 0) is 14.8 Å². The normalized spacial score (nSPS) is 14.9. The number of phenols is 2. The number of phenolic OH excluding ortho intramolecular Hbond substituents is 2. The highest BCUT2D eigenvalue weighted by atomic mass is 79.9. The number of aromatic hydroxyl groups is 2. The van der Waals surface area contributed by atoms with E-state index in [1.165, 1.54) is 30.3 Å². The maximum absolute atomic E-state index is 12.7. The molecule has 4 N–H and O–H groups in total. The van der Waals surface area contributed by atoms with Crippen molar-refractivity contribution >= 4 is 49.1 Å². The van der Waals surface area contributed by atoms with Crippen molar-refractivity contribution in [2.24, 2.45) is 0 Å². The molecule has 9 nitrogen and oxygen atoms in total. The number of ether oxygens (including phenoxy) is 1. The molecule has 0 spiro atoms. The van der Waals surface area contributed by atoms with Gasteiger partial charge in [0.2, 0.25) is 0 Å². The minimum Gasteiger partial charge on any atom is -0.507 e. The molecular weight excluding hydrogens is 514 g/mol. The van der Waals surface area contributed by atoms with E-state index in [1.54, 1.807) is 0 Å². The maximum atomic E-state index is 12.7. The molecule has 0 aliphatic carbocycles. The summed E-state index contributed by atoms with van der Waals surface area (Å²) in [6, 6.07) is 6.32. The van der Waals surface area contributed by atoms with Crippen molar-refractivity contribution in [3.05, 3.63) is 45.4 Å². The van der Waals surface area contributed by atoms with Gasteiger partial charge in [0.15, 0.2) is 5.75 Å². The number of halogens is 2. The number of rotatable bonds is 7. The maximum Gasteiger partial charge on any atom is 0.265 e. The fraction of sp³-hybridized carbons (Fsp3) is 0.316. The summed E-state index contributed by atoms with van der Waals surface area (Å²) in [6.07, 6.45) is 0. The average molecular weight is 535 g/mol. The molecule has 3 rings (SSSR count). The third-order valence-electron chi connectivity index (χ3n) is 4.59. The molecule has 0 bridgehead atoms. The first-order valence-corrected chi connectivity index (χ1v) is 11.9. The van der Waals surface area contributed by atoms with Crippen molar-refractivity contribution in [2.45, 2.75) is 4.90 Å². The van der Waals surface area contributed by atoms with Gasteiger partial charge in [0, 0.05) is 35.7 Å². The summed E-state index contributed by atoms with van der Waals surface area (Å²) in [4.78, 5) is 14.3. The Bertz CT molecular complexity index is 1080. The Morgan fingerprint density at radius 3 is 2.61 bits per heavy atom. The van der Waals surface area contributed by atoms with Crippen LogP contribution in [0.15, 0.2) is 39.7 Å². The van der Waals surface area contributed by atoms with E-state index < -0.39 is 32.3 Å². The minimum absolute atomic E-state index is 0.0484. The van der Waals surface area contributed by atoms with Gasteiger partial charge in [0.05, 0.1) is 24.5 Å². The number of carbonyl (C=O) groups is 1. The van der Waals surface area contributed by atoms with Crippen molar-refractivity contribution in [3.63, 3.8) is 0 Å². The highest BCUT2D eigenvalue weighted by molar-refractivity contribution is 9.10. The lowest BCUT2D eigenvalue weighted by atomic mass is 10.1. The van der Waals surface area contributed by atoms with E-state index in [0.29, 0.717) is 30.8 Å². The van der Waals surface area contributed by atoms with E-state index in [-0.39, 0.29) is 16.3 Å². The zero-order valence-corrected chi connectivity index (χ0v) is 19.4. The van der Waals surface area contributed by atoms with Gasteiger partial charge >= 0.3 is 0 Å². The molecule has 0 saturated carbocycles. The number of benzene rings is 2. The zero-order chi connectivity index (χ0) is 22.6.